The quantitative estimate of drug-likeness (QED) is 0.342. The van der Waals surface area contributed by atoms with E-state index < -0.39 is 8.07 Å². The highest BCUT2D eigenvalue weighted by Gasteiger charge is 2.30. The molecular formula is C20H35ClSi. The molecule has 1 rings (SSSR count). The average Bonchev–Trinajstić information content (AvgIpc) is 2.53. The predicted molar refractivity (Wildman–Crippen MR) is 105 cm³/mol. The van der Waals surface area contributed by atoms with Gasteiger partial charge in [-0.25, -0.2) is 0 Å². The minimum absolute atomic E-state index is 0.889. The summed E-state index contributed by atoms with van der Waals surface area (Å²) in [5.41, 5.74) is 1.44. The summed E-state index contributed by atoms with van der Waals surface area (Å²) in [6, 6.07) is 14.6. The van der Waals surface area contributed by atoms with Gasteiger partial charge in [0.15, 0.2) is 0 Å². The Morgan fingerprint density at radius 2 is 1.36 bits per heavy atom. The van der Waals surface area contributed by atoms with Gasteiger partial charge in [0.1, 0.15) is 0 Å². The number of halogens is 1. The van der Waals surface area contributed by atoms with E-state index in [-0.39, 0.29) is 0 Å². The minimum atomic E-state index is -1.10. The molecule has 0 bridgehead atoms. The molecule has 1 aromatic rings. The van der Waals surface area contributed by atoms with Crippen molar-refractivity contribution in [3.05, 3.63) is 34.9 Å². The van der Waals surface area contributed by atoms with E-state index in [0.29, 0.717) is 0 Å². The van der Waals surface area contributed by atoms with Crippen molar-refractivity contribution in [2.24, 2.45) is 0 Å². The van der Waals surface area contributed by atoms with Gasteiger partial charge < -0.3 is 0 Å². The van der Waals surface area contributed by atoms with Crippen LogP contribution < -0.4 is 0 Å². The number of unbranched alkanes of at least 4 members (excludes halogenated alkanes) is 3. The second-order valence-corrected chi connectivity index (χ2v) is 12.4. The lowest BCUT2D eigenvalue weighted by molar-refractivity contribution is 0.780. The fourth-order valence-corrected chi connectivity index (χ4v) is 9.35. The molecule has 0 heterocycles. The van der Waals surface area contributed by atoms with E-state index in [9.17, 15) is 0 Å². The molecule has 0 radical (unpaired) electrons. The monoisotopic (exact) mass is 338 g/mol. The van der Waals surface area contributed by atoms with E-state index in [2.05, 4.69) is 39.0 Å². The van der Waals surface area contributed by atoms with Crippen molar-refractivity contribution in [3.8, 4) is 0 Å². The van der Waals surface area contributed by atoms with Gasteiger partial charge in [0, 0.05) is 5.02 Å². The van der Waals surface area contributed by atoms with Gasteiger partial charge in [-0.1, -0.05) is 107 Å². The molecule has 0 unspecified atom stereocenters. The topological polar surface area (TPSA) is 0 Å². The van der Waals surface area contributed by atoms with E-state index >= 15 is 0 Å². The summed E-state index contributed by atoms with van der Waals surface area (Å²) in [7, 11) is -1.10. The van der Waals surface area contributed by atoms with Crippen LogP contribution in [0, 0.1) is 0 Å². The van der Waals surface area contributed by atoms with Crippen molar-refractivity contribution >= 4 is 19.7 Å². The largest absolute Gasteiger partial charge is 0.0843 e. The maximum atomic E-state index is 6.16. The van der Waals surface area contributed by atoms with Gasteiger partial charge in [0.25, 0.3) is 0 Å². The fraction of sp³-hybridized carbons (Fsp3) is 0.700. The first kappa shape index (κ1) is 19.8. The zero-order valence-corrected chi connectivity index (χ0v) is 16.7. The van der Waals surface area contributed by atoms with Crippen LogP contribution in [0.2, 0.25) is 29.2 Å². The molecule has 0 N–H and O–H groups in total. The molecule has 0 aliphatic carbocycles. The molecule has 0 saturated carbocycles. The summed E-state index contributed by atoms with van der Waals surface area (Å²) < 4.78 is 0. The zero-order chi connectivity index (χ0) is 16.3. The summed E-state index contributed by atoms with van der Waals surface area (Å²) in [6.07, 6.45) is 9.61. The first-order valence-electron chi connectivity index (χ1n) is 9.40. The van der Waals surface area contributed by atoms with Gasteiger partial charge in [-0.3, -0.25) is 0 Å². The smallest absolute Gasteiger partial charge is 0.0539 e. The molecule has 0 amide bonds. The predicted octanol–water partition coefficient (Wildman–Crippen LogP) is 7.73. The van der Waals surface area contributed by atoms with Crippen LogP contribution in [-0.2, 0) is 6.42 Å². The number of hydrogen-bond acceptors (Lipinski definition) is 0. The number of rotatable bonds is 12. The number of aryl methyl sites for hydroxylation is 1. The summed E-state index contributed by atoms with van der Waals surface area (Å²) in [4.78, 5) is 0. The highest BCUT2D eigenvalue weighted by molar-refractivity contribution is 6.79. The lowest BCUT2D eigenvalue weighted by Gasteiger charge is -2.32. The second kappa shape index (κ2) is 11.3. The zero-order valence-electron chi connectivity index (χ0n) is 15.0. The van der Waals surface area contributed by atoms with Crippen molar-refractivity contribution < 1.29 is 0 Å². The Kier molecular flexibility index (Phi) is 10.1. The summed E-state index contributed by atoms with van der Waals surface area (Å²) >= 11 is 6.16. The Labute approximate surface area is 144 Å². The summed E-state index contributed by atoms with van der Waals surface area (Å²) in [6.45, 7) is 7.03. The third kappa shape index (κ3) is 7.33. The fourth-order valence-electron chi connectivity index (χ4n) is 3.51. The van der Waals surface area contributed by atoms with Crippen LogP contribution in [0.25, 0.3) is 0 Å². The number of hydrogen-bond donors (Lipinski definition) is 0. The van der Waals surface area contributed by atoms with Crippen LogP contribution in [0.5, 0.6) is 0 Å². The molecule has 0 aromatic heterocycles. The van der Waals surface area contributed by atoms with Crippen LogP contribution in [0.1, 0.15) is 64.9 Å². The second-order valence-electron chi connectivity index (χ2n) is 6.94. The molecule has 22 heavy (non-hydrogen) atoms. The third-order valence-corrected chi connectivity index (χ3v) is 10.8. The SMILES string of the molecule is CCCC[Si](CCCC)(CCCC)CCc1cccc(Cl)c1. The van der Waals surface area contributed by atoms with E-state index in [1.165, 1.54) is 56.6 Å². The Morgan fingerprint density at radius 3 is 1.82 bits per heavy atom. The Bertz CT molecular complexity index is 381. The van der Waals surface area contributed by atoms with Gasteiger partial charge in [0.2, 0.25) is 0 Å². The summed E-state index contributed by atoms with van der Waals surface area (Å²) in [5, 5.41) is 0.889. The molecule has 0 spiro atoms. The van der Waals surface area contributed by atoms with Crippen LogP contribution in [0.3, 0.4) is 0 Å². The van der Waals surface area contributed by atoms with Crippen LogP contribution in [0.4, 0.5) is 0 Å². The number of benzene rings is 1. The van der Waals surface area contributed by atoms with E-state index in [1.54, 1.807) is 18.1 Å². The van der Waals surface area contributed by atoms with Crippen LogP contribution in [0.15, 0.2) is 24.3 Å². The molecule has 0 nitrogen and oxygen atoms in total. The lowest BCUT2D eigenvalue weighted by Crippen LogP contribution is -2.34. The van der Waals surface area contributed by atoms with Crippen molar-refractivity contribution in [2.75, 3.05) is 0 Å². The maximum Gasteiger partial charge on any atom is 0.0539 e. The first-order valence-corrected chi connectivity index (χ1v) is 12.6. The standard InChI is InChI=1S/C20H35ClSi/c1-4-7-14-22(15-8-5-2,16-9-6-3)17-13-19-11-10-12-20(21)18-19/h10-12,18H,4-9,13-17H2,1-3H3. The van der Waals surface area contributed by atoms with Gasteiger partial charge in [0.05, 0.1) is 8.07 Å². The van der Waals surface area contributed by atoms with Gasteiger partial charge >= 0.3 is 0 Å². The summed E-state index contributed by atoms with van der Waals surface area (Å²) in [5.74, 6) is 0. The van der Waals surface area contributed by atoms with Gasteiger partial charge in [-0.15, -0.1) is 0 Å². The first-order chi connectivity index (χ1) is 10.7. The highest BCUT2D eigenvalue weighted by Crippen LogP contribution is 2.33. The minimum Gasteiger partial charge on any atom is -0.0843 e. The van der Waals surface area contributed by atoms with Crippen molar-refractivity contribution in [1.29, 1.82) is 0 Å². The van der Waals surface area contributed by atoms with Crippen molar-refractivity contribution in [3.63, 3.8) is 0 Å². The van der Waals surface area contributed by atoms with Gasteiger partial charge in [-0.05, 0) is 24.1 Å². The molecule has 0 saturated heterocycles. The molecule has 0 fully saturated rings. The Hall–Kier alpha value is -0.273. The maximum absolute atomic E-state index is 6.16. The Balaban J connectivity index is 2.75. The van der Waals surface area contributed by atoms with E-state index in [1.807, 2.05) is 6.07 Å². The average molecular weight is 339 g/mol. The molecule has 0 aliphatic rings. The molecule has 0 atom stereocenters. The third-order valence-electron chi connectivity index (χ3n) is 5.02. The van der Waals surface area contributed by atoms with E-state index in [0.717, 1.165) is 5.02 Å². The Morgan fingerprint density at radius 1 is 0.818 bits per heavy atom. The molecule has 2 heteroatoms. The van der Waals surface area contributed by atoms with Crippen LogP contribution >= 0.6 is 11.6 Å². The van der Waals surface area contributed by atoms with Crippen molar-refractivity contribution in [2.45, 2.75) is 89.9 Å². The normalized spacial score (nSPS) is 11.8. The van der Waals surface area contributed by atoms with Crippen LogP contribution in [-0.4, -0.2) is 8.07 Å². The molecular weight excluding hydrogens is 304 g/mol. The molecule has 1 aromatic carbocycles. The molecule has 0 aliphatic heterocycles. The van der Waals surface area contributed by atoms with Crippen molar-refractivity contribution in [1.82, 2.24) is 0 Å². The van der Waals surface area contributed by atoms with E-state index in [4.69, 9.17) is 11.6 Å². The lowest BCUT2D eigenvalue weighted by atomic mass is 10.2. The molecule has 126 valence electrons. The van der Waals surface area contributed by atoms with Gasteiger partial charge in [-0.2, -0.15) is 0 Å². The highest BCUT2D eigenvalue weighted by atomic mass is 35.5.